The van der Waals surface area contributed by atoms with Crippen LogP contribution in [0.15, 0.2) is 0 Å². The fraction of sp³-hybridized carbons (Fsp3) is 0.800. The molecule has 0 aromatic heterocycles. The smallest absolute Gasteiger partial charge is 0.325 e. The quantitative estimate of drug-likeness (QED) is 0.703. The Bertz CT molecular complexity index is 491. The van der Waals surface area contributed by atoms with Crippen molar-refractivity contribution < 1.29 is 14.4 Å². The minimum absolute atomic E-state index is 0.124. The van der Waals surface area contributed by atoms with Crippen molar-refractivity contribution in [2.75, 3.05) is 32.7 Å². The topological polar surface area (TPSA) is 81.8 Å². The molecule has 3 heterocycles. The normalized spacial score (nSPS) is 29.9. The zero-order valence-corrected chi connectivity index (χ0v) is 13.2. The van der Waals surface area contributed by atoms with E-state index in [9.17, 15) is 14.4 Å². The van der Waals surface area contributed by atoms with Crippen LogP contribution >= 0.6 is 0 Å². The molecule has 0 aliphatic carbocycles. The maximum atomic E-state index is 12.5. The van der Waals surface area contributed by atoms with Gasteiger partial charge >= 0.3 is 6.03 Å². The van der Waals surface area contributed by atoms with Crippen LogP contribution in [0.3, 0.4) is 0 Å². The zero-order chi connectivity index (χ0) is 15.9. The van der Waals surface area contributed by atoms with E-state index in [1.807, 2.05) is 13.8 Å². The molecule has 3 saturated heterocycles. The first-order chi connectivity index (χ1) is 10.5. The summed E-state index contributed by atoms with van der Waals surface area (Å²) < 4.78 is 0. The average molecular weight is 308 g/mol. The monoisotopic (exact) mass is 308 g/mol. The molecule has 3 aliphatic rings. The van der Waals surface area contributed by atoms with Gasteiger partial charge in [-0.1, -0.05) is 13.8 Å². The fourth-order valence-corrected chi connectivity index (χ4v) is 3.84. The number of carbonyl (C=O) groups is 3. The number of rotatable bonds is 4. The van der Waals surface area contributed by atoms with E-state index in [-0.39, 0.29) is 18.4 Å². The first-order valence-electron chi connectivity index (χ1n) is 8.13. The Hall–Kier alpha value is -1.63. The van der Waals surface area contributed by atoms with Crippen molar-refractivity contribution in [2.45, 2.75) is 32.2 Å². The van der Waals surface area contributed by atoms with Crippen molar-refractivity contribution in [2.24, 2.45) is 11.8 Å². The molecular formula is C15H24N4O3. The maximum Gasteiger partial charge on any atom is 0.325 e. The number of fused-ring (bicyclic) bond motifs is 1. The van der Waals surface area contributed by atoms with Gasteiger partial charge in [-0.3, -0.25) is 14.5 Å². The molecule has 0 bridgehead atoms. The highest BCUT2D eigenvalue weighted by Gasteiger charge is 2.50. The molecule has 3 fully saturated rings. The van der Waals surface area contributed by atoms with E-state index in [2.05, 4.69) is 10.6 Å². The highest BCUT2D eigenvalue weighted by Crippen LogP contribution is 2.28. The average Bonchev–Trinajstić information content (AvgIpc) is 3.15. The van der Waals surface area contributed by atoms with E-state index >= 15 is 0 Å². The molecule has 0 radical (unpaired) electrons. The van der Waals surface area contributed by atoms with Crippen molar-refractivity contribution in [3.05, 3.63) is 0 Å². The first kappa shape index (κ1) is 15.3. The van der Waals surface area contributed by atoms with Crippen LogP contribution in [0.2, 0.25) is 0 Å². The van der Waals surface area contributed by atoms with Crippen LogP contribution < -0.4 is 10.6 Å². The van der Waals surface area contributed by atoms with Gasteiger partial charge in [-0.2, -0.15) is 0 Å². The summed E-state index contributed by atoms with van der Waals surface area (Å²) in [4.78, 5) is 39.9. The zero-order valence-electron chi connectivity index (χ0n) is 13.2. The molecule has 22 heavy (non-hydrogen) atoms. The van der Waals surface area contributed by atoms with Gasteiger partial charge in [0.2, 0.25) is 5.91 Å². The van der Waals surface area contributed by atoms with Crippen LogP contribution in [0.1, 0.15) is 26.7 Å². The van der Waals surface area contributed by atoms with Gasteiger partial charge in [-0.05, 0) is 24.7 Å². The molecule has 4 amide bonds. The Morgan fingerprint density at radius 1 is 1.18 bits per heavy atom. The Kier molecular flexibility index (Phi) is 3.84. The molecule has 7 nitrogen and oxygen atoms in total. The van der Waals surface area contributed by atoms with Crippen molar-refractivity contribution in [3.8, 4) is 0 Å². The summed E-state index contributed by atoms with van der Waals surface area (Å²) in [5.74, 6) is 0.632. The number of amides is 4. The minimum Gasteiger partial charge on any atom is -0.340 e. The van der Waals surface area contributed by atoms with Gasteiger partial charge in [-0.25, -0.2) is 4.79 Å². The van der Waals surface area contributed by atoms with E-state index in [4.69, 9.17) is 0 Å². The highest BCUT2D eigenvalue weighted by molar-refractivity contribution is 6.09. The van der Waals surface area contributed by atoms with Crippen molar-refractivity contribution in [3.63, 3.8) is 0 Å². The molecule has 2 N–H and O–H groups in total. The summed E-state index contributed by atoms with van der Waals surface area (Å²) in [6, 6.07) is -0.442. The summed E-state index contributed by atoms with van der Waals surface area (Å²) >= 11 is 0. The molecule has 0 spiro atoms. The van der Waals surface area contributed by atoms with Crippen molar-refractivity contribution in [1.82, 2.24) is 20.4 Å². The largest absolute Gasteiger partial charge is 0.340 e. The number of imide groups is 1. The lowest BCUT2D eigenvalue weighted by molar-refractivity contribution is -0.138. The molecule has 3 rings (SSSR count). The summed E-state index contributed by atoms with van der Waals surface area (Å²) in [5, 5.41) is 6.09. The predicted octanol–water partition coefficient (Wildman–Crippen LogP) is -0.225. The second kappa shape index (κ2) is 5.53. The third-order valence-electron chi connectivity index (χ3n) is 5.49. The molecule has 0 aromatic rings. The molecular weight excluding hydrogens is 284 g/mol. The Morgan fingerprint density at radius 2 is 1.77 bits per heavy atom. The molecule has 0 saturated carbocycles. The van der Waals surface area contributed by atoms with E-state index < -0.39 is 11.6 Å². The molecule has 7 heteroatoms. The number of hydrogen-bond acceptors (Lipinski definition) is 4. The van der Waals surface area contributed by atoms with Gasteiger partial charge in [0.05, 0.1) is 0 Å². The van der Waals surface area contributed by atoms with Crippen LogP contribution in [-0.4, -0.2) is 65.9 Å². The number of carbonyl (C=O) groups excluding carboxylic acids is 3. The van der Waals surface area contributed by atoms with Gasteiger partial charge in [0.15, 0.2) is 0 Å². The van der Waals surface area contributed by atoms with E-state index in [0.717, 1.165) is 31.1 Å². The van der Waals surface area contributed by atoms with Gasteiger partial charge in [0.25, 0.3) is 5.91 Å². The third-order valence-corrected chi connectivity index (χ3v) is 5.49. The van der Waals surface area contributed by atoms with Crippen molar-refractivity contribution in [1.29, 1.82) is 0 Å². The molecule has 122 valence electrons. The van der Waals surface area contributed by atoms with Crippen LogP contribution in [0.5, 0.6) is 0 Å². The van der Waals surface area contributed by atoms with Crippen LogP contribution in [-0.2, 0) is 9.59 Å². The fourth-order valence-electron chi connectivity index (χ4n) is 3.84. The number of urea groups is 1. The maximum absolute atomic E-state index is 12.5. The summed E-state index contributed by atoms with van der Waals surface area (Å²) in [6.07, 6.45) is 1.08. The number of hydrogen-bond donors (Lipinski definition) is 2. The minimum atomic E-state index is -0.831. The second-order valence-electron chi connectivity index (χ2n) is 6.59. The lowest BCUT2D eigenvalue weighted by Gasteiger charge is -2.24. The number of likely N-dealkylation sites (tertiary alicyclic amines) is 1. The number of nitrogens with zero attached hydrogens (tertiary/aromatic N) is 2. The summed E-state index contributed by atoms with van der Waals surface area (Å²) in [7, 11) is 0. The molecule has 0 unspecified atom stereocenters. The van der Waals surface area contributed by atoms with Gasteiger partial charge < -0.3 is 15.5 Å². The van der Waals surface area contributed by atoms with Gasteiger partial charge in [0, 0.05) is 26.2 Å². The first-order valence-corrected chi connectivity index (χ1v) is 8.13. The Morgan fingerprint density at radius 3 is 2.27 bits per heavy atom. The van der Waals surface area contributed by atoms with Crippen LogP contribution in [0.25, 0.3) is 0 Å². The van der Waals surface area contributed by atoms with E-state index in [1.165, 1.54) is 0 Å². The number of nitrogens with one attached hydrogen (secondary N) is 2. The molecule has 3 aliphatic heterocycles. The Labute approximate surface area is 130 Å². The van der Waals surface area contributed by atoms with Crippen molar-refractivity contribution >= 4 is 17.8 Å². The second-order valence-corrected chi connectivity index (χ2v) is 6.59. The van der Waals surface area contributed by atoms with Gasteiger partial charge in [0.1, 0.15) is 12.1 Å². The standard InChI is InChI=1S/C15H24N4O3/c1-3-15(4-2)13(21)19(14(22)17-15)9-12(20)18-7-10-5-16-6-11(10)8-18/h10-11,16H,3-9H2,1-2H3,(H,17,22)/t10-,11+. The third kappa shape index (κ3) is 2.27. The SMILES string of the molecule is CCC1(CC)NC(=O)N(CC(=O)N2C[C@H]3CNC[C@H]3C2)C1=O. The lowest BCUT2D eigenvalue weighted by atomic mass is 9.93. The summed E-state index contributed by atoms with van der Waals surface area (Å²) in [6.45, 7) is 6.97. The molecule has 2 atom stereocenters. The lowest BCUT2D eigenvalue weighted by Crippen LogP contribution is -2.47. The van der Waals surface area contributed by atoms with E-state index in [1.54, 1.807) is 4.90 Å². The van der Waals surface area contributed by atoms with Gasteiger partial charge in [-0.15, -0.1) is 0 Å². The predicted molar refractivity (Wildman–Crippen MR) is 80.0 cm³/mol. The van der Waals surface area contributed by atoms with Crippen LogP contribution in [0.4, 0.5) is 4.79 Å². The summed E-state index contributed by atoms with van der Waals surface area (Å²) in [5.41, 5.74) is -0.831. The van der Waals surface area contributed by atoms with Crippen LogP contribution in [0, 0.1) is 11.8 Å². The van der Waals surface area contributed by atoms with E-state index in [0.29, 0.717) is 24.7 Å². The highest BCUT2D eigenvalue weighted by atomic mass is 16.2. The molecule has 0 aromatic carbocycles. The Balaban J connectivity index is 1.64.